The second-order valence-electron chi connectivity index (χ2n) is 5.13. The van der Waals surface area contributed by atoms with Gasteiger partial charge in [-0.2, -0.15) is 9.61 Å². The molecule has 1 aliphatic carbocycles. The molecular weight excluding hydrogens is 230 g/mol. The van der Waals surface area contributed by atoms with Crippen LogP contribution in [0.4, 0.5) is 5.82 Å². The zero-order valence-corrected chi connectivity index (χ0v) is 10.4. The average molecular weight is 247 g/mol. The van der Waals surface area contributed by atoms with Crippen LogP contribution < -0.4 is 11.0 Å². The minimum absolute atomic E-state index is 0.300. The van der Waals surface area contributed by atoms with Crippen LogP contribution >= 0.6 is 0 Å². The molecule has 2 unspecified atom stereocenters. The Kier molecular flexibility index (Phi) is 2.77. The minimum atomic E-state index is -0.300. The molecule has 0 amide bonds. The molecule has 2 atom stereocenters. The van der Waals surface area contributed by atoms with Crippen LogP contribution in [0.15, 0.2) is 16.9 Å². The summed E-state index contributed by atoms with van der Waals surface area (Å²) in [6.07, 6.45) is 4.91. The van der Waals surface area contributed by atoms with Crippen molar-refractivity contribution in [3.8, 4) is 0 Å². The highest BCUT2D eigenvalue weighted by Gasteiger charge is 2.19. The van der Waals surface area contributed by atoms with E-state index < -0.39 is 0 Å². The summed E-state index contributed by atoms with van der Waals surface area (Å²) in [6, 6.07) is 4.12. The van der Waals surface area contributed by atoms with Gasteiger partial charge >= 0.3 is 5.69 Å². The lowest BCUT2D eigenvalue weighted by Crippen LogP contribution is -2.27. The summed E-state index contributed by atoms with van der Waals surface area (Å²) in [7, 11) is 0. The maximum Gasteiger partial charge on any atom is 0.364 e. The molecule has 0 aromatic carbocycles. The normalized spacial score (nSPS) is 24.3. The Morgan fingerprint density at radius 1 is 1.44 bits per heavy atom. The van der Waals surface area contributed by atoms with E-state index in [1.54, 1.807) is 6.07 Å². The minimum Gasteiger partial charge on any atom is -0.366 e. The van der Waals surface area contributed by atoms with Gasteiger partial charge in [0.05, 0.1) is 0 Å². The monoisotopic (exact) mass is 247 g/mol. The van der Waals surface area contributed by atoms with Crippen molar-refractivity contribution in [2.24, 2.45) is 5.92 Å². The summed E-state index contributed by atoms with van der Waals surface area (Å²) in [5.74, 6) is 1.50. The first-order valence-corrected chi connectivity index (χ1v) is 6.43. The first-order chi connectivity index (χ1) is 8.72. The third kappa shape index (κ3) is 2.10. The molecule has 6 heteroatoms. The highest BCUT2D eigenvalue weighted by Crippen LogP contribution is 2.25. The summed E-state index contributed by atoms with van der Waals surface area (Å²) >= 11 is 0. The molecule has 0 radical (unpaired) electrons. The van der Waals surface area contributed by atoms with E-state index >= 15 is 0 Å². The Bertz CT molecular complexity index is 602. The van der Waals surface area contributed by atoms with Crippen LogP contribution in [0.1, 0.15) is 32.6 Å². The van der Waals surface area contributed by atoms with Gasteiger partial charge in [0.1, 0.15) is 5.82 Å². The van der Waals surface area contributed by atoms with E-state index in [1.807, 2.05) is 6.07 Å². The molecule has 18 heavy (non-hydrogen) atoms. The van der Waals surface area contributed by atoms with Crippen LogP contribution in [0.3, 0.4) is 0 Å². The summed E-state index contributed by atoms with van der Waals surface area (Å²) < 4.78 is 1.29. The summed E-state index contributed by atoms with van der Waals surface area (Å²) in [4.78, 5) is 11.4. The standard InChI is InChI=1S/C12H17N5O/c1-8-3-2-4-9(7-8)13-10-5-6-11-14-15-12(18)17(11)16-10/h5-6,8-9H,2-4,7H2,1H3,(H,13,16)(H,15,18). The second kappa shape index (κ2) is 4.44. The number of nitrogens with zero attached hydrogens (tertiary/aromatic N) is 3. The van der Waals surface area contributed by atoms with E-state index in [0.29, 0.717) is 11.7 Å². The van der Waals surface area contributed by atoms with Crippen molar-refractivity contribution in [2.75, 3.05) is 5.32 Å². The molecule has 1 saturated carbocycles. The summed E-state index contributed by atoms with van der Waals surface area (Å²) in [5, 5.41) is 13.9. The molecule has 0 saturated heterocycles. The first-order valence-electron chi connectivity index (χ1n) is 6.43. The number of fused-ring (bicyclic) bond motifs is 1. The zero-order valence-electron chi connectivity index (χ0n) is 10.4. The number of aromatic nitrogens is 4. The van der Waals surface area contributed by atoms with Crippen molar-refractivity contribution in [3.63, 3.8) is 0 Å². The number of nitrogens with one attached hydrogen (secondary N) is 2. The number of rotatable bonds is 2. The van der Waals surface area contributed by atoms with Crippen LogP contribution in [-0.4, -0.2) is 25.9 Å². The Labute approximate surface area is 104 Å². The molecule has 2 aromatic heterocycles. The van der Waals surface area contributed by atoms with Gasteiger partial charge < -0.3 is 5.32 Å². The van der Waals surface area contributed by atoms with Gasteiger partial charge in [-0.05, 0) is 30.9 Å². The molecule has 2 heterocycles. The van der Waals surface area contributed by atoms with E-state index in [4.69, 9.17) is 0 Å². The van der Waals surface area contributed by atoms with Gasteiger partial charge in [-0.25, -0.2) is 9.89 Å². The highest BCUT2D eigenvalue weighted by molar-refractivity contribution is 5.43. The molecule has 96 valence electrons. The molecular formula is C12H17N5O. The van der Waals surface area contributed by atoms with Crippen molar-refractivity contribution in [1.29, 1.82) is 0 Å². The smallest absolute Gasteiger partial charge is 0.364 e. The number of aromatic amines is 1. The number of hydrogen-bond acceptors (Lipinski definition) is 4. The van der Waals surface area contributed by atoms with Gasteiger partial charge in [0.25, 0.3) is 0 Å². The molecule has 2 N–H and O–H groups in total. The second-order valence-corrected chi connectivity index (χ2v) is 5.13. The maximum atomic E-state index is 11.4. The van der Waals surface area contributed by atoms with Gasteiger partial charge in [0.2, 0.25) is 0 Å². The van der Waals surface area contributed by atoms with Crippen molar-refractivity contribution in [3.05, 3.63) is 22.6 Å². The van der Waals surface area contributed by atoms with E-state index in [9.17, 15) is 4.79 Å². The predicted octanol–water partition coefficient (Wildman–Crippen LogP) is 1.41. The van der Waals surface area contributed by atoms with Gasteiger partial charge in [0.15, 0.2) is 5.65 Å². The van der Waals surface area contributed by atoms with Gasteiger partial charge in [-0.1, -0.05) is 19.8 Å². The van der Waals surface area contributed by atoms with Crippen LogP contribution in [0, 0.1) is 5.92 Å². The fourth-order valence-corrected chi connectivity index (χ4v) is 2.65. The Morgan fingerprint density at radius 3 is 3.17 bits per heavy atom. The zero-order chi connectivity index (χ0) is 12.5. The van der Waals surface area contributed by atoms with Gasteiger partial charge in [-0.15, -0.1) is 5.10 Å². The Morgan fingerprint density at radius 2 is 2.33 bits per heavy atom. The highest BCUT2D eigenvalue weighted by atomic mass is 16.2. The largest absolute Gasteiger partial charge is 0.366 e. The van der Waals surface area contributed by atoms with Gasteiger partial charge in [-0.3, -0.25) is 0 Å². The summed E-state index contributed by atoms with van der Waals surface area (Å²) in [6.45, 7) is 2.28. The molecule has 6 nitrogen and oxygen atoms in total. The van der Waals surface area contributed by atoms with E-state index in [-0.39, 0.29) is 5.69 Å². The topological polar surface area (TPSA) is 75.1 Å². The third-order valence-corrected chi connectivity index (χ3v) is 3.56. The van der Waals surface area contributed by atoms with Gasteiger partial charge in [0, 0.05) is 6.04 Å². The molecule has 1 fully saturated rings. The van der Waals surface area contributed by atoms with Crippen LogP contribution in [0.5, 0.6) is 0 Å². The fraction of sp³-hybridized carbons (Fsp3) is 0.583. The number of anilines is 1. The predicted molar refractivity (Wildman–Crippen MR) is 68.7 cm³/mol. The molecule has 0 bridgehead atoms. The van der Waals surface area contributed by atoms with Crippen molar-refractivity contribution in [2.45, 2.75) is 38.6 Å². The van der Waals surface area contributed by atoms with Crippen molar-refractivity contribution >= 4 is 11.5 Å². The van der Waals surface area contributed by atoms with E-state index in [2.05, 4.69) is 27.5 Å². The van der Waals surface area contributed by atoms with Crippen molar-refractivity contribution < 1.29 is 0 Å². The third-order valence-electron chi connectivity index (χ3n) is 3.56. The SMILES string of the molecule is CC1CCCC(Nc2ccc3n[nH]c(=O)n3n2)C1. The summed E-state index contributed by atoms with van der Waals surface area (Å²) in [5.41, 5.74) is 0.244. The number of H-pyrrole nitrogens is 1. The van der Waals surface area contributed by atoms with Crippen LogP contribution in [0.2, 0.25) is 0 Å². The van der Waals surface area contributed by atoms with E-state index in [0.717, 1.165) is 11.7 Å². The number of hydrogen-bond donors (Lipinski definition) is 2. The molecule has 3 rings (SSSR count). The van der Waals surface area contributed by atoms with Crippen LogP contribution in [-0.2, 0) is 0 Å². The average Bonchev–Trinajstić information content (AvgIpc) is 2.71. The Hall–Kier alpha value is -1.85. The first kappa shape index (κ1) is 11.3. The lowest BCUT2D eigenvalue weighted by atomic mass is 9.87. The maximum absolute atomic E-state index is 11.4. The lowest BCUT2D eigenvalue weighted by molar-refractivity contribution is 0.358. The molecule has 0 spiro atoms. The molecule has 2 aromatic rings. The fourth-order valence-electron chi connectivity index (χ4n) is 2.65. The molecule has 1 aliphatic rings. The van der Waals surface area contributed by atoms with E-state index in [1.165, 1.54) is 30.2 Å². The van der Waals surface area contributed by atoms with Crippen molar-refractivity contribution in [1.82, 2.24) is 19.8 Å². The lowest BCUT2D eigenvalue weighted by Gasteiger charge is -2.27. The Balaban J connectivity index is 1.81. The quantitative estimate of drug-likeness (QED) is 0.841. The van der Waals surface area contributed by atoms with Crippen LogP contribution in [0.25, 0.3) is 5.65 Å². The molecule has 0 aliphatic heterocycles.